The fourth-order valence-electron chi connectivity index (χ4n) is 10.4. The molecule has 9 aromatic carbocycles. The largest absolute Gasteiger partial charge is 0.456 e. The third kappa shape index (κ3) is 5.63. The topological polar surface area (TPSA) is 47.9 Å². The van der Waals surface area contributed by atoms with E-state index in [1.807, 2.05) is 18.2 Å². The van der Waals surface area contributed by atoms with Crippen LogP contribution in [0.1, 0.15) is 22.3 Å². The van der Waals surface area contributed by atoms with Gasteiger partial charge in [-0.3, -0.25) is 0 Å². The molecule has 0 saturated carbocycles. The summed E-state index contributed by atoms with van der Waals surface area (Å²) in [7, 11) is -2.84. The highest BCUT2D eigenvalue weighted by atomic mass is 28.3. The molecule has 0 unspecified atom stereocenters. The Hall–Kier alpha value is -7.99. The summed E-state index contributed by atoms with van der Waals surface area (Å²) in [5.41, 5.74) is 9.14. The Balaban J connectivity index is 1.10. The Morgan fingerprint density at radius 2 is 0.730 bits per heavy atom. The van der Waals surface area contributed by atoms with Gasteiger partial charge in [-0.15, -0.1) is 0 Å². The van der Waals surface area contributed by atoms with Gasteiger partial charge in [0.2, 0.25) is 0 Å². The summed E-state index contributed by atoms with van der Waals surface area (Å²) in [5, 5.41) is 5.15. The summed E-state index contributed by atoms with van der Waals surface area (Å²) in [6, 6.07) is 84.6. The van der Waals surface area contributed by atoms with Gasteiger partial charge in [0, 0.05) is 22.3 Å². The van der Waals surface area contributed by atoms with Crippen molar-refractivity contribution < 1.29 is 4.74 Å². The average molecular weight is 822 g/mol. The molecule has 0 bridgehead atoms. The Labute approximate surface area is 367 Å². The third-order valence-electron chi connectivity index (χ3n) is 13.0. The van der Waals surface area contributed by atoms with Crippen molar-refractivity contribution in [2.45, 2.75) is 5.41 Å². The highest BCUT2D eigenvalue weighted by molar-refractivity contribution is 7.19. The molecule has 0 saturated heterocycles. The molecule has 0 atom stereocenters. The fraction of sp³-hybridized carbons (Fsp3) is 0.0172. The number of rotatable bonds is 7. The summed E-state index contributed by atoms with van der Waals surface area (Å²) >= 11 is 0. The van der Waals surface area contributed by atoms with E-state index in [2.05, 4.69) is 218 Å². The second-order valence-corrected chi connectivity index (χ2v) is 20.0. The molecule has 4 nitrogen and oxygen atoms in total. The second-order valence-electron chi connectivity index (χ2n) is 16.2. The maximum atomic E-state index is 7.09. The van der Waals surface area contributed by atoms with Crippen LogP contribution in [0.2, 0.25) is 0 Å². The van der Waals surface area contributed by atoms with Crippen molar-refractivity contribution in [2.75, 3.05) is 0 Å². The first-order chi connectivity index (χ1) is 31.2. The number of ether oxygens (including phenoxy) is 1. The normalized spacial score (nSPS) is 13.0. The molecule has 63 heavy (non-hydrogen) atoms. The van der Waals surface area contributed by atoms with Gasteiger partial charge in [0.1, 0.15) is 11.5 Å². The van der Waals surface area contributed by atoms with Gasteiger partial charge in [0.15, 0.2) is 25.5 Å². The van der Waals surface area contributed by atoms with Crippen molar-refractivity contribution in [3.63, 3.8) is 0 Å². The standard InChI is InChI=1S/C58H39N3OSi/c1-5-21-40(22-6-1)55-59-56(41-23-19-30-45(39-41)63(42-24-7-2-8-25-42,43-26-9-3-10-27-43)44-28-11-4-12-29-44)61-57(60-55)48-33-20-37-52-54(48)62-53-38-18-17-36-51(53)58(52)49-34-15-13-31-46(49)47-32-14-16-35-50(47)58/h1-39H. The minimum absolute atomic E-state index is 0.549. The van der Waals surface area contributed by atoms with E-state index in [9.17, 15) is 0 Å². The van der Waals surface area contributed by atoms with E-state index < -0.39 is 13.5 Å². The molecule has 0 amide bonds. The predicted molar refractivity (Wildman–Crippen MR) is 257 cm³/mol. The molecule has 0 N–H and O–H groups in total. The van der Waals surface area contributed by atoms with Crippen LogP contribution in [0.3, 0.4) is 0 Å². The van der Waals surface area contributed by atoms with Crippen LogP contribution in [-0.4, -0.2) is 23.0 Å². The number of para-hydroxylation sites is 2. The first-order valence-electron chi connectivity index (χ1n) is 21.4. The highest BCUT2D eigenvalue weighted by Gasteiger charge is 2.51. The summed E-state index contributed by atoms with van der Waals surface area (Å²) in [6.45, 7) is 0. The number of aromatic nitrogens is 3. The number of fused-ring (bicyclic) bond motifs is 9. The van der Waals surface area contributed by atoms with Gasteiger partial charge in [-0.1, -0.05) is 224 Å². The van der Waals surface area contributed by atoms with Crippen LogP contribution in [0.4, 0.5) is 0 Å². The summed E-state index contributed by atoms with van der Waals surface area (Å²) < 4.78 is 7.09. The van der Waals surface area contributed by atoms with E-state index >= 15 is 0 Å². The van der Waals surface area contributed by atoms with Gasteiger partial charge in [-0.25, -0.2) is 15.0 Å². The smallest absolute Gasteiger partial charge is 0.179 e. The molecule has 1 aromatic heterocycles. The van der Waals surface area contributed by atoms with E-state index in [0.29, 0.717) is 17.5 Å². The van der Waals surface area contributed by atoms with E-state index in [0.717, 1.165) is 39.3 Å². The van der Waals surface area contributed by atoms with Crippen LogP contribution in [-0.2, 0) is 5.41 Å². The molecule has 1 spiro atoms. The Bertz CT molecular complexity index is 3180. The quantitative estimate of drug-likeness (QED) is 0.119. The molecule has 10 aromatic rings. The van der Waals surface area contributed by atoms with E-state index in [1.54, 1.807) is 0 Å². The molecular weight excluding hydrogens is 783 g/mol. The molecule has 296 valence electrons. The van der Waals surface area contributed by atoms with Crippen LogP contribution in [0.25, 0.3) is 45.3 Å². The lowest BCUT2D eigenvalue weighted by Gasteiger charge is -2.39. The minimum atomic E-state index is -2.84. The fourth-order valence-corrected chi connectivity index (χ4v) is 15.1. The van der Waals surface area contributed by atoms with Gasteiger partial charge in [0.05, 0.1) is 11.0 Å². The summed E-state index contributed by atoms with van der Waals surface area (Å²) in [4.78, 5) is 16.0. The van der Waals surface area contributed by atoms with Crippen molar-refractivity contribution in [1.82, 2.24) is 15.0 Å². The predicted octanol–water partition coefficient (Wildman–Crippen LogP) is 10.7. The summed E-state index contributed by atoms with van der Waals surface area (Å²) in [5.74, 6) is 3.30. The monoisotopic (exact) mass is 821 g/mol. The lowest BCUT2D eigenvalue weighted by molar-refractivity contribution is 0.437. The molecule has 2 heterocycles. The van der Waals surface area contributed by atoms with Crippen molar-refractivity contribution in [2.24, 2.45) is 0 Å². The molecule has 0 fully saturated rings. The Kier molecular flexibility index (Phi) is 8.69. The van der Waals surface area contributed by atoms with Gasteiger partial charge in [-0.05, 0) is 55.1 Å². The zero-order valence-corrected chi connectivity index (χ0v) is 35.3. The molecule has 5 heteroatoms. The first-order valence-corrected chi connectivity index (χ1v) is 23.4. The lowest BCUT2D eigenvalue weighted by atomic mass is 9.66. The first kappa shape index (κ1) is 36.8. The summed E-state index contributed by atoms with van der Waals surface area (Å²) in [6.07, 6.45) is 0. The van der Waals surface area contributed by atoms with Crippen LogP contribution < -0.4 is 25.5 Å². The Morgan fingerprint density at radius 1 is 0.317 bits per heavy atom. The zero-order chi connectivity index (χ0) is 41.8. The van der Waals surface area contributed by atoms with Crippen LogP contribution >= 0.6 is 0 Å². The van der Waals surface area contributed by atoms with Gasteiger partial charge in [-0.2, -0.15) is 0 Å². The number of nitrogens with zero attached hydrogens (tertiary/aromatic N) is 3. The highest BCUT2D eigenvalue weighted by Crippen LogP contribution is 2.63. The second kappa shape index (κ2) is 14.9. The van der Waals surface area contributed by atoms with Crippen LogP contribution in [0, 0.1) is 0 Å². The molecule has 2 aliphatic rings. The van der Waals surface area contributed by atoms with Crippen LogP contribution in [0.5, 0.6) is 11.5 Å². The van der Waals surface area contributed by atoms with E-state index in [1.165, 1.54) is 43.0 Å². The van der Waals surface area contributed by atoms with E-state index in [-0.39, 0.29) is 0 Å². The van der Waals surface area contributed by atoms with Crippen molar-refractivity contribution in [3.05, 3.63) is 259 Å². The Morgan fingerprint density at radius 3 is 1.33 bits per heavy atom. The third-order valence-corrected chi connectivity index (χ3v) is 17.7. The molecule has 0 radical (unpaired) electrons. The van der Waals surface area contributed by atoms with Gasteiger partial charge < -0.3 is 4.74 Å². The SMILES string of the molecule is c1ccc(-c2nc(-c3cccc([Si](c4ccccc4)(c4ccccc4)c4ccccc4)c3)nc(-c3cccc4c3Oc3ccccc3C43c4ccccc4-c4ccccc43)n2)cc1. The molecule has 1 aliphatic carbocycles. The van der Waals surface area contributed by atoms with Crippen LogP contribution in [0.15, 0.2) is 237 Å². The molecular formula is C58H39N3OSi. The van der Waals surface area contributed by atoms with Crippen molar-refractivity contribution in [1.29, 1.82) is 0 Å². The van der Waals surface area contributed by atoms with E-state index in [4.69, 9.17) is 19.7 Å². The maximum absolute atomic E-state index is 7.09. The van der Waals surface area contributed by atoms with Gasteiger partial charge in [0.25, 0.3) is 0 Å². The maximum Gasteiger partial charge on any atom is 0.179 e. The van der Waals surface area contributed by atoms with Crippen molar-refractivity contribution >= 4 is 28.8 Å². The lowest BCUT2D eigenvalue weighted by Crippen LogP contribution is -2.74. The van der Waals surface area contributed by atoms with Gasteiger partial charge >= 0.3 is 0 Å². The number of hydrogen-bond donors (Lipinski definition) is 0. The average Bonchev–Trinajstić information content (AvgIpc) is 3.66. The molecule has 12 rings (SSSR count). The minimum Gasteiger partial charge on any atom is -0.456 e. The van der Waals surface area contributed by atoms with Crippen molar-refractivity contribution in [3.8, 4) is 56.8 Å². The number of benzene rings is 9. The molecule has 1 aliphatic heterocycles. The number of hydrogen-bond acceptors (Lipinski definition) is 4. The zero-order valence-electron chi connectivity index (χ0n) is 34.3.